The van der Waals surface area contributed by atoms with Crippen LogP contribution in [0.25, 0.3) is 0 Å². The molecule has 2 nitrogen and oxygen atoms in total. The average Bonchev–Trinajstić information content (AvgIpc) is 2.56. The fourth-order valence-electron chi connectivity index (χ4n) is 3.17. The highest BCUT2D eigenvalue weighted by Gasteiger charge is 2.33. The molecule has 0 aromatic heterocycles. The predicted octanol–water partition coefficient (Wildman–Crippen LogP) is 3.99. The molecule has 3 rings (SSSR count). The Morgan fingerprint density at radius 2 is 1.81 bits per heavy atom. The van der Waals surface area contributed by atoms with Gasteiger partial charge in [0.25, 0.3) is 0 Å². The molecular formula is C19H22O2. The number of fused-ring (bicyclic) bond motifs is 1. The maximum absolute atomic E-state index is 11.1. The molecule has 0 aliphatic carbocycles. The summed E-state index contributed by atoms with van der Waals surface area (Å²) in [4.78, 5) is 0. The monoisotopic (exact) mass is 282 g/mol. The maximum Gasteiger partial charge on any atom is 0.0922 e. The van der Waals surface area contributed by atoms with Gasteiger partial charge in [-0.2, -0.15) is 0 Å². The number of ether oxygens (including phenoxy) is 1. The SMILES string of the molecule is CCC(O)(CC1OCCc2ccccc21)c1ccccc1. The lowest BCUT2D eigenvalue weighted by molar-refractivity contribution is -0.0520. The number of hydrogen-bond donors (Lipinski definition) is 1. The van der Waals surface area contributed by atoms with Gasteiger partial charge in [-0.1, -0.05) is 61.5 Å². The van der Waals surface area contributed by atoms with Crippen LogP contribution in [0.15, 0.2) is 54.6 Å². The lowest BCUT2D eigenvalue weighted by Gasteiger charge is -2.34. The summed E-state index contributed by atoms with van der Waals surface area (Å²) in [6.45, 7) is 2.76. The lowest BCUT2D eigenvalue weighted by atomic mass is 9.82. The van der Waals surface area contributed by atoms with Crippen LogP contribution in [0.4, 0.5) is 0 Å². The van der Waals surface area contributed by atoms with Gasteiger partial charge in [0.05, 0.1) is 18.3 Å². The molecule has 0 amide bonds. The Balaban J connectivity index is 1.89. The predicted molar refractivity (Wildman–Crippen MR) is 84.1 cm³/mol. The molecule has 0 fully saturated rings. The number of aliphatic hydroxyl groups is 1. The Bertz CT molecular complexity index is 594. The van der Waals surface area contributed by atoms with Gasteiger partial charge in [0, 0.05) is 6.42 Å². The second-order valence-corrected chi connectivity index (χ2v) is 5.76. The Labute approximate surface area is 126 Å². The number of rotatable bonds is 4. The molecule has 2 aromatic carbocycles. The second-order valence-electron chi connectivity index (χ2n) is 5.76. The van der Waals surface area contributed by atoms with Crippen molar-refractivity contribution < 1.29 is 9.84 Å². The second kappa shape index (κ2) is 6.00. The van der Waals surface area contributed by atoms with Gasteiger partial charge < -0.3 is 9.84 Å². The van der Waals surface area contributed by atoms with Crippen molar-refractivity contribution in [3.05, 3.63) is 71.3 Å². The van der Waals surface area contributed by atoms with Crippen molar-refractivity contribution in [2.24, 2.45) is 0 Å². The van der Waals surface area contributed by atoms with E-state index in [-0.39, 0.29) is 6.10 Å². The minimum Gasteiger partial charge on any atom is -0.385 e. The summed E-state index contributed by atoms with van der Waals surface area (Å²) in [5.74, 6) is 0. The first-order valence-corrected chi connectivity index (χ1v) is 7.70. The first-order valence-electron chi connectivity index (χ1n) is 7.70. The van der Waals surface area contributed by atoms with Gasteiger partial charge in [-0.15, -0.1) is 0 Å². The van der Waals surface area contributed by atoms with Crippen molar-refractivity contribution >= 4 is 0 Å². The van der Waals surface area contributed by atoms with Crippen molar-refractivity contribution in [3.63, 3.8) is 0 Å². The van der Waals surface area contributed by atoms with Crippen LogP contribution >= 0.6 is 0 Å². The first kappa shape index (κ1) is 14.3. The van der Waals surface area contributed by atoms with Crippen LogP contribution in [-0.2, 0) is 16.8 Å². The van der Waals surface area contributed by atoms with Crippen LogP contribution in [0.2, 0.25) is 0 Å². The van der Waals surface area contributed by atoms with Crippen LogP contribution in [0.1, 0.15) is 42.6 Å². The number of hydrogen-bond acceptors (Lipinski definition) is 2. The van der Waals surface area contributed by atoms with Gasteiger partial charge in [-0.25, -0.2) is 0 Å². The third-order valence-corrected chi connectivity index (χ3v) is 4.51. The van der Waals surface area contributed by atoms with E-state index < -0.39 is 5.60 Å². The van der Waals surface area contributed by atoms with Crippen LogP contribution in [0, 0.1) is 0 Å². The third-order valence-electron chi connectivity index (χ3n) is 4.51. The minimum absolute atomic E-state index is 0.0277. The molecule has 1 aliphatic heterocycles. The molecule has 0 spiro atoms. The molecule has 110 valence electrons. The zero-order chi connectivity index (χ0) is 14.7. The van der Waals surface area contributed by atoms with Crippen LogP contribution in [-0.4, -0.2) is 11.7 Å². The Morgan fingerprint density at radius 1 is 1.10 bits per heavy atom. The van der Waals surface area contributed by atoms with Crippen LogP contribution < -0.4 is 0 Å². The normalized spacial score (nSPS) is 20.6. The zero-order valence-corrected chi connectivity index (χ0v) is 12.5. The van der Waals surface area contributed by atoms with Gasteiger partial charge in [0.2, 0.25) is 0 Å². The molecule has 2 aromatic rings. The topological polar surface area (TPSA) is 29.5 Å². The van der Waals surface area contributed by atoms with E-state index in [0.29, 0.717) is 12.8 Å². The molecule has 1 aliphatic rings. The quantitative estimate of drug-likeness (QED) is 0.919. The summed E-state index contributed by atoms with van der Waals surface area (Å²) in [5.41, 5.74) is 2.71. The van der Waals surface area contributed by atoms with Crippen LogP contribution in [0.3, 0.4) is 0 Å². The Hall–Kier alpha value is -1.64. The van der Waals surface area contributed by atoms with Gasteiger partial charge in [0.1, 0.15) is 0 Å². The molecule has 0 saturated carbocycles. The van der Waals surface area contributed by atoms with Gasteiger partial charge >= 0.3 is 0 Å². The summed E-state index contributed by atoms with van der Waals surface area (Å²) in [5, 5.41) is 11.1. The Kier molecular flexibility index (Phi) is 4.09. The molecule has 0 bridgehead atoms. The summed E-state index contributed by atoms with van der Waals surface area (Å²) in [6, 6.07) is 18.3. The van der Waals surface area contributed by atoms with E-state index >= 15 is 0 Å². The summed E-state index contributed by atoms with van der Waals surface area (Å²) in [6.07, 6.45) is 2.21. The fourth-order valence-corrected chi connectivity index (χ4v) is 3.17. The van der Waals surface area contributed by atoms with Crippen molar-refractivity contribution in [2.75, 3.05) is 6.61 Å². The van der Waals surface area contributed by atoms with Crippen molar-refractivity contribution in [1.82, 2.24) is 0 Å². The zero-order valence-electron chi connectivity index (χ0n) is 12.5. The van der Waals surface area contributed by atoms with Crippen molar-refractivity contribution in [2.45, 2.75) is 37.9 Å². The molecule has 1 N–H and O–H groups in total. The summed E-state index contributed by atoms with van der Waals surface area (Å²) >= 11 is 0. The summed E-state index contributed by atoms with van der Waals surface area (Å²) < 4.78 is 5.96. The molecule has 2 unspecified atom stereocenters. The van der Waals surface area contributed by atoms with Crippen molar-refractivity contribution in [1.29, 1.82) is 0 Å². The van der Waals surface area contributed by atoms with Gasteiger partial charge in [-0.3, -0.25) is 0 Å². The van der Waals surface area contributed by atoms with E-state index in [1.165, 1.54) is 11.1 Å². The number of benzene rings is 2. The standard InChI is InChI=1S/C19H22O2/c1-2-19(20,16-9-4-3-5-10-16)14-18-17-11-7-6-8-15(17)12-13-21-18/h3-11,18,20H,2,12-14H2,1H3. The Morgan fingerprint density at radius 3 is 2.57 bits per heavy atom. The van der Waals surface area contributed by atoms with Gasteiger partial charge in [-0.05, 0) is 29.5 Å². The van der Waals surface area contributed by atoms with E-state index in [9.17, 15) is 5.11 Å². The fraction of sp³-hybridized carbons (Fsp3) is 0.368. The molecule has 2 atom stereocenters. The molecule has 1 heterocycles. The van der Waals surface area contributed by atoms with Gasteiger partial charge in [0.15, 0.2) is 0 Å². The largest absolute Gasteiger partial charge is 0.385 e. The van der Waals surface area contributed by atoms with E-state index in [1.54, 1.807) is 0 Å². The van der Waals surface area contributed by atoms with Crippen molar-refractivity contribution in [3.8, 4) is 0 Å². The molecule has 0 radical (unpaired) electrons. The smallest absolute Gasteiger partial charge is 0.0922 e. The first-order chi connectivity index (χ1) is 10.2. The molecule has 2 heteroatoms. The van der Waals surface area contributed by atoms with E-state index in [0.717, 1.165) is 18.6 Å². The highest BCUT2D eigenvalue weighted by Crippen LogP contribution is 2.39. The van der Waals surface area contributed by atoms with E-state index in [1.807, 2.05) is 43.3 Å². The van der Waals surface area contributed by atoms with E-state index in [4.69, 9.17) is 4.74 Å². The molecule has 21 heavy (non-hydrogen) atoms. The van der Waals surface area contributed by atoms with E-state index in [2.05, 4.69) is 18.2 Å². The highest BCUT2D eigenvalue weighted by molar-refractivity contribution is 5.32. The van der Waals surface area contributed by atoms with Crippen LogP contribution in [0.5, 0.6) is 0 Å². The maximum atomic E-state index is 11.1. The minimum atomic E-state index is -0.837. The molecule has 0 saturated heterocycles. The highest BCUT2D eigenvalue weighted by atomic mass is 16.5. The summed E-state index contributed by atoms with van der Waals surface area (Å²) in [7, 11) is 0. The molecular weight excluding hydrogens is 260 g/mol. The average molecular weight is 282 g/mol. The lowest BCUT2D eigenvalue weighted by Crippen LogP contribution is -2.30. The third kappa shape index (κ3) is 2.87.